The first-order valence-corrected chi connectivity index (χ1v) is 9.11. The van der Waals surface area contributed by atoms with Crippen molar-refractivity contribution in [3.05, 3.63) is 46.7 Å². The summed E-state index contributed by atoms with van der Waals surface area (Å²) in [6, 6.07) is 11.5. The van der Waals surface area contributed by atoms with Crippen molar-refractivity contribution in [3.63, 3.8) is 0 Å². The number of morpholine rings is 1. The Labute approximate surface area is 150 Å². The van der Waals surface area contributed by atoms with Crippen molar-refractivity contribution < 1.29 is 14.3 Å². The molecule has 1 fully saturated rings. The van der Waals surface area contributed by atoms with E-state index < -0.39 is 0 Å². The number of benzene rings is 1. The number of nitrogens with zero attached hydrogens (tertiary/aromatic N) is 1. The average Bonchev–Trinajstić information content (AvgIpc) is 3.14. The van der Waals surface area contributed by atoms with Gasteiger partial charge in [-0.25, -0.2) is 0 Å². The SMILES string of the molecule is O=C(Cc1cccs1)NCC(=O)Nc1ccccc1N1CCOCC1. The predicted molar refractivity (Wildman–Crippen MR) is 99.1 cm³/mol. The second-order valence-corrected chi connectivity index (χ2v) is 6.73. The fourth-order valence-electron chi connectivity index (χ4n) is 2.67. The van der Waals surface area contributed by atoms with Crippen molar-refractivity contribution in [3.8, 4) is 0 Å². The molecule has 0 atom stereocenters. The van der Waals surface area contributed by atoms with E-state index in [2.05, 4.69) is 15.5 Å². The van der Waals surface area contributed by atoms with Crippen LogP contribution in [0.15, 0.2) is 41.8 Å². The second kappa shape index (κ2) is 8.64. The molecule has 0 spiro atoms. The summed E-state index contributed by atoms with van der Waals surface area (Å²) in [4.78, 5) is 27.2. The molecule has 2 amide bonds. The van der Waals surface area contributed by atoms with Crippen molar-refractivity contribution in [1.29, 1.82) is 0 Å². The maximum atomic E-state index is 12.2. The Kier molecular flexibility index (Phi) is 6.03. The van der Waals surface area contributed by atoms with Gasteiger partial charge in [-0.1, -0.05) is 18.2 Å². The van der Waals surface area contributed by atoms with Crippen LogP contribution in [0.3, 0.4) is 0 Å². The molecule has 25 heavy (non-hydrogen) atoms. The zero-order chi connectivity index (χ0) is 17.5. The molecule has 1 aromatic carbocycles. The Morgan fingerprint density at radius 1 is 1.08 bits per heavy atom. The van der Waals surface area contributed by atoms with E-state index in [0.29, 0.717) is 19.6 Å². The zero-order valence-electron chi connectivity index (χ0n) is 13.9. The highest BCUT2D eigenvalue weighted by atomic mass is 32.1. The summed E-state index contributed by atoms with van der Waals surface area (Å²) < 4.78 is 5.37. The highest BCUT2D eigenvalue weighted by Gasteiger charge is 2.16. The summed E-state index contributed by atoms with van der Waals surface area (Å²) in [5.74, 6) is -0.390. The van der Waals surface area contributed by atoms with Gasteiger partial charge >= 0.3 is 0 Å². The van der Waals surface area contributed by atoms with Crippen LogP contribution in [-0.4, -0.2) is 44.7 Å². The number of ether oxygens (including phenoxy) is 1. The normalized spacial score (nSPS) is 14.2. The van der Waals surface area contributed by atoms with Crippen molar-refractivity contribution in [2.24, 2.45) is 0 Å². The summed E-state index contributed by atoms with van der Waals surface area (Å²) in [6.07, 6.45) is 0.301. The number of para-hydroxylation sites is 2. The van der Waals surface area contributed by atoms with Gasteiger partial charge in [0.2, 0.25) is 11.8 Å². The van der Waals surface area contributed by atoms with E-state index in [1.807, 2.05) is 41.8 Å². The Hall–Kier alpha value is -2.38. The molecule has 132 valence electrons. The highest BCUT2D eigenvalue weighted by Crippen LogP contribution is 2.26. The number of hydrogen-bond donors (Lipinski definition) is 2. The van der Waals surface area contributed by atoms with Crippen LogP contribution in [0.25, 0.3) is 0 Å². The van der Waals surface area contributed by atoms with Gasteiger partial charge in [-0.3, -0.25) is 9.59 Å². The van der Waals surface area contributed by atoms with Gasteiger partial charge in [0.05, 0.1) is 37.6 Å². The van der Waals surface area contributed by atoms with Gasteiger partial charge in [-0.05, 0) is 23.6 Å². The Bertz CT molecular complexity index is 712. The number of nitrogens with one attached hydrogen (secondary N) is 2. The standard InChI is InChI=1S/C18H21N3O3S/c22-17(12-14-4-3-11-25-14)19-13-18(23)20-15-5-1-2-6-16(15)21-7-9-24-10-8-21/h1-6,11H,7-10,12-13H2,(H,19,22)(H,20,23). The lowest BCUT2D eigenvalue weighted by molar-refractivity contribution is -0.123. The van der Waals surface area contributed by atoms with Gasteiger partial charge in [-0.15, -0.1) is 11.3 Å². The third-order valence-corrected chi connectivity index (χ3v) is 4.77. The van der Waals surface area contributed by atoms with Gasteiger partial charge in [0.15, 0.2) is 0 Å². The van der Waals surface area contributed by atoms with E-state index in [4.69, 9.17) is 4.74 Å². The first-order valence-electron chi connectivity index (χ1n) is 8.23. The Morgan fingerprint density at radius 3 is 2.64 bits per heavy atom. The minimum absolute atomic E-state index is 0.0400. The summed E-state index contributed by atoms with van der Waals surface area (Å²) in [7, 11) is 0. The molecule has 0 unspecified atom stereocenters. The summed E-state index contributed by atoms with van der Waals surface area (Å²) in [6.45, 7) is 2.92. The predicted octanol–water partition coefficient (Wildman–Crippen LogP) is 1.88. The quantitative estimate of drug-likeness (QED) is 0.826. The zero-order valence-corrected chi connectivity index (χ0v) is 14.7. The Morgan fingerprint density at radius 2 is 1.88 bits per heavy atom. The average molecular weight is 359 g/mol. The van der Waals surface area contributed by atoms with E-state index in [9.17, 15) is 9.59 Å². The molecule has 2 heterocycles. The third kappa shape index (κ3) is 5.04. The topological polar surface area (TPSA) is 70.7 Å². The number of thiophene rings is 1. The van der Waals surface area contributed by atoms with Crippen molar-refractivity contribution in [1.82, 2.24) is 5.32 Å². The van der Waals surface area contributed by atoms with Crippen LogP contribution in [0.4, 0.5) is 11.4 Å². The van der Waals surface area contributed by atoms with Gasteiger partial charge in [-0.2, -0.15) is 0 Å². The minimum atomic E-state index is -0.236. The molecule has 2 aromatic rings. The van der Waals surface area contributed by atoms with Gasteiger partial charge in [0.25, 0.3) is 0 Å². The maximum Gasteiger partial charge on any atom is 0.243 e. The number of hydrogen-bond acceptors (Lipinski definition) is 5. The molecule has 6 nitrogen and oxygen atoms in total. The fourth-order valence-corrected chi connectivity index (χ4v) is 3.37. The van der Waals surface area contributed by atoms with E-state index in [1.54, 1.807) is 0 Å². The number of carbonyl (C=O) groups is 2. The summed E-state index contributed by atoms with van der Waals surface area (Å²) in [5, 5.41) is 7.48. The van der Waals surface area contributed by atoms with Crippen molar-refractivity contribution in [2.75, 3.05) is 43.1 Å². The van der Waals surface area contributed by atoms with E-state index in [0.717, 1.165) is 29.3 Å². The monoisotopic (exact) mass is 359 g/mol. The molecule has 1 aliphatic rings. The third-order valence-electron chi connectivity index (χ3n) is 3.89. The lowest BCUT2D eigenvalue weighted by Crippen LogP contribution is -2.37. The van der Waals surface area contributed by atoms with Crippen molar-refractivity contribution >= 4 is 34.5 Å². The van der Waals surface area contributed by atoms with E-state index in [1.165, 1.54) is 11.3 Å². The fraction of sp³-hybridized carbons (Fsp3) is 0.333. The van der Waals surface area contributed by atoms with Crippen LogP contribution >= 0.6 is 11.3 Å². The summed E-state index contributed by atoms with van der Waals surface area (Å²) >= 11 is 1.53. The van der Waals surface area contributed by atoms with Crippen LogP contribution < -0.4 is 15.5 Å². The largest absolute Gasteiger partial charge is 0.378 e. The Balaban J connectivity index is 1.53. The van der Waals surface area contributed by atoms with Gasteiger partial charge in [0.1, 0.15) is 0 Å². The molecule has 7 heteroatoms. The van der Waals surface area contributed by atoms with Crippen LogP contribution in [0, 0.1) is 0 Å². The number of carbonyl (C=O) groups excluding carboxylic acids is 2. The van der Waals surface area contributed by atoms with Crippen LogP contribution in [-0.2, 0) is 20.7 Å². The highest BCUT2D eigenvalue weighted by molar-refractivity contribution is 7.10. The molecule has 3 rings (SSSR count). The molecule has 1 saturated heterocycles. The molecule has 1 aromatic heterocycles. The smallest absolute Gasteiger partial charge is 0.243 e. The number of anilines is 2. The van der Waals surface area contributed by atoms with Crippen LogP contribution in [0.1, 0.15) is 4.88 Å². The van der Waals surface area contributed by atoms with Crippen LogP contribution in [0.2, 0.25) is 0 Å². The number of rotatable bonds is 6. The van der Waals surface area contributed by atoms with Gasteiger partial charge < -0.3 is 20.3 Å². The molecule has 0 radical (unpaired) electrons. The van der Waals surface area contributed by atoms with Crippen LogP contribution in [0.5, 0.6) is 0 Å². The minimum Gasteiger partial charge on any atom is -0.378 e. The van der Waals surface area contributed by atoms with E-state index >= 15 is 0 Å². The molecule has 1 aliphatic heterocycles. The molecular formula is C18H21N3O3S. The second-order valence-electron chi connectivity index (χ2n) is 5.70. The van der Waals surface area contributed by atoms with Crippen molar-refractivity contribution in [2.45, 2.75) is 6.42 Å². The van der Waals surface area contributed by atoms with E-state index in [-0.39, 0.29) is 18.4 Å². The number of amides is 2. The first kappa shape index (κ1) is 17.4. The maximum absolute atomic E-state index is 12.2. The molecule has 2 N–H and O–H groups in total. The lowest BCUT2D eigenvalue weighted by Gasteiger charge is -2.30. The molecule has 0 aliphatic carbocycles. The molecule has 0 saturated carbocycles. The first-order chi connectivity index (χ1) is 12.2. The molecule has 0 bridgehead atoms. The lowest BCUT2D eigenvalue weighted by atomic mass is 10.2. The molecular weight excluding hydrogens is 338 g/mol. The summed E-state index contributed by atoms with van der Waals surface area (Å²) in [5.41, 5.74) is 1.73. The van der Waals surface area contributed by atoms with Gasteiger partial charge in [0, 0.05) is 18.0 Å².